The van der Waals surface area contributed by atoms with E-state index in [2.05, 4.69) is 26.0 Å². The molecule has 0 saturated carbocycles. The summed E-state index contributed by atoms with van der Waals surface area (Å²) in [5.74, 6) is -0.571. The summed E-state index contributed by atoms with van der Waals surface area (Å²) in [4.78, 5) is 0. The number of halogens is 2. The zero-order valence-electron chi connectivity index (χ0n) is 9.13. The maximum absolute atomic E-state index is 13.2. The molecule has 0 aromatic heterocycles. The fourth-order valence-electron chi connectivity index (χ4n) is 1.14. The third-order valence-corrected chi connectivity index (χ3v) is 4.06. The fourth-order valence-corrected chi connectivity index (χ4v) is 2.07. The van der Waals surface area contributed by atoms with Crippen molar-refractivity contribution in [3.05, 3.63) is 22.4 Å². The first-order valence-electron chi connectivity index (χ1n) is 4.75. The molecule has 0 saturated heterocycles. The lowest BCUT2D eigenvalue weighted by Crippen LogP contribution is -2.26. The van der Waals surface area contributed by atoms with E-state index in [1.807, 2.05) is 0 Å². The first kappa shape index (κ1) is 14.2. The molecule has 17 heavy (non-hydrogen) atoms. The van der Waals surface area contributed by atoms with E-state index in [0.29, 0.717) is 11.4 Å². The quantitative estimate of drug-likeness (QED) is 0.708. The highest BCUT2D eigenvalue weighted by molar-refractivity contribution is 9.10. The van der Waals surface area contributed by atoms with Crippen molar-refractivity contribution in [3.8, 4) is 0 Å². The first-order chi connectivity index (χ1) is 7.85. The molecule has 1 aromatic rings. The normalized spacial score (nSPS) is 11.5. The van der Waals surface area contributed by atoms with Crippen LogP contribution in [0.2, 0.25) is 0 Å². The Bertz CT molecular complexity index is 507. The van der Waals surface area contributed by atoms with Crippen molar-refractivity contribution in [1.82, 2.24) is 4.72 Å². The second kappa shape index (κ2) is 5.65. The summed E-state index contributed by atoms with van der Waals surface area (Å²) in [6, 6.07) is 2.63. The molecule has 5 nitrogen and oxygen atoms in total. The van der Waals surface area contributed by atoms with Crippen molar-refractivity contribution in [3.63, 3.8) is 0 Å². The molecule has 0 bridgehead atoms. The number of sulfonamides is 1. The zero-order valence-corrected chi connectivity index (χ0v) is 11.5. The highest BCUT2D eigenvalue weighted by atomic mass is 79.9. The number of rotatable bonds is 5. The highest BCUT2D eigenvalue weighted by Crippen LogP contribution is 2.26. The van der Waals surface area contributed by atoms with Gasteiger partial charge < -0.3 is 11.1 Å². The van der Waals surface area contributed by atoms with Gasteiger partial charge >= 0.3 is 0 Å². The molecule has 0 spiro atoms. The van der Waals surface area contributed by atoms with E-state index < -0.39 is 15.8 Å². The molecule has 0 radical (unpaired) electrons. The number of hydrogen-bond acceptors (Lipinski definition) is 4. The van der Waals surface area contributed by atoms with Gasteiger partial charge in [0.05, 0.1) is 21.6 Å². The fraction of sp³-hybridized carbons (Fsp3) is 0.333. The average Bonchev–Trinajstić information content (AvgIpc) is 2.25. The number of nitrogens with two attached hydrogens (primary N) is 1. The Morgan fingerprint density at radius 1 is 1.47 bits per heavy atom. The summed E-state index contributed by atoms with van der Waals surface area (Å²) in [5, 5.41) is 2.77. The maximum atomic E-state index is 13.2. The van der Waals surface area contributed by atoms with E-state index in [-0.39, 0.29) is 16.8 Å². The smallest absolute Gasteiger partial charge is 0.213 e. The Morgan fingerprint density at radius 2 is 2.12 bits per heavy atom. The molecule has 1 aromatic carbocycles. The van der Waals surface area contributed by atoms with Crippen molar-refractivity contribution in [2.75, 3.05) is 30.4 Å². The van der Waals surface area contributed by atoms with Gasteiger partial charge in [-0.2, -0.15) is 0 Å². The van der Waals surface area contributed by atoms with Crippen molar-refractivity contribution in [2.45, 2.75) is 0 Å². The van der Waals surface area contributed by atoms with Gasteiger partial charge in [-0.1, -0.05) is 0 Å². The molecular formula is C9H13BrFN3O2S. The van der Waals surface area contributed by atoms with Crippen LogP contribution in [0, 0.1) is 5.82 Å². The number of benzene rings is 1. The Kier molecular flexibility index (Phi) is 4.72. The van der Waals surface area contributed by atoms with Crippen molar-refractivity contribution in [1.29, 1.82) is 0 Å². The van der Waals surface area contributed by atoms with Crippen LogP contribution >= 0.6 is 15.9 Å². The van der Waals surface area contributed by atoms with E-state index in [0.717, 1.165) is 0 Å². The SMILES string of the molecule is CNS(=O)(=O)CCNc1cc(F)c(Br)cc1N. The molecule has 0 aliphatic rings. The molecular weight excluding hydrogens is 313 g/mol. The molecule has 0 amide bonds. The number of nitrogens with one attached hydrogen (secondary N) is 2. The molecule has 96 valence electrons. The molecule has 0 unspecified atom stereocenters. The van der Waals surface area contributed by atoms with Crippen LogP contribution in [0.1, 0.15) is 0 Å². The van der Waals surface area contributed by atoms with Crippen molar-refractivity contribution < 1.29 is 12.8 Å². The van der Waals surface area contributed by atoms with Gasteiger partial charge in [-0.15, -0.1) is 0 Å². The minimum absolute atomic E-state index is 0.110. The monoisotopic (exact) mass is 325 g/mol. The van der Waals surface area contributed by atoms with Gasteiger partial charge in [0, 0.05) is 12.6 Å². The lowest BCUT2D eigenvalue weighted by atomic mass is 10.2. The van der Waals surface area contributed by atoms with Gasteiger partial charge in [0.1, 0.15) is 5.82 Å². The van der Waals surface area contributed by atoms with Crippen LogP contribution < -0.4 is 15.8 Å². The Labute approximate surface area is 108 Å². The summed E-state index contributed by atoms with van der Waals surface area (Å²) in [6.07, 6.45) is 0. The summed E-state index contributed by atoms with van der Waals surface area (Å²) in [7, 11) is -1.94. The minimum atomic E-state index is -3.28. The second-order valence-corrected chi connectivity index (χ2v) is 6.20. The zero-order chi connectivity index (χ0) is 13.1. The Morgan fingerprint density at radius 3 is 2.71 bits per heavy atom. The van der Waals surface area contributed by atoms with Gasteiger partial charge in [-0.3, -0.25) is 0 Å². The van der Waals surface area contributed by atoms with Gasteiger partial charge in [0.25, 0.3) is 0 Å². The summed E-state index contributed by atoms with van der Waals surface area (Å²) < 4.78 is 37.9. The van der Waals surface area contributed by atoms with Crippen LogP contribution in [0.4, 0.5) is 15.8 Å². The van der Waals surface area contributed by atoms with Crippen LogP contribution in [-0.4, -0.2) is 27.8 Å². The molecule has 4 N–H and O–H groups in total. The van der Waals surface area contributed by atoms with E-state index in [1.165, 1.54) is 19.2 Å². The van der Waals surface area contributed by atoms with E-state index in [9.17, 15) is 12.8 Å². The lowest BCUT2D eigenvalue weighted by Gasteiger charge is -2.10. The van der Waals surface area contributed by atoms with Crippen LogP contribution in [0.5, 0.6) is 0 Å². The molecule has 8 heteroatoms. The molecule has 0 heterocycles. The second-order valence-electron chi connectivity index (χ2n) is 3.30. The molecule has 0 atom stereocenters. The van der Waals surface area contributed by atoms with Crippen LogP contribution in [0.15, 0.2) is 16.6 Å². The third kappa shape index (κ3) is 4.14. The summed E-state index contributed by atoms with van der Waals surface area (Å²) >= 11 is 3.00. The molecule has 0 aliphatic carbocycles. The van der Waals surface area contributed by atoms with Crippen LogP contribution in [0.3, 0.4) is 0 Å². The topological polar surface area (TPSA) is 84.2 Å². The Hall–Kier alpha value is -0.860. The number of hydrogen-bond donors (Lipinski definition) is 3. The molecule has 0 aliphatic heterocycles. The minimum Gasteiger partial charge on any atom is -0.397 e. The van der Waals surface area contributed by atoms with E-state index in [1.54, 1.807) is 0 Å². The molecule has 0 fully saturated rings. The van der Waals surface area contributed by atoms with Gasteiger partial charge in [0.15, 0.2) is 0 Å². The highest BCUT2D eigenvalue weighted by Gasteiger charge is 2.08. The Balaban J connectivity index is 2.68. The van der Waals surface area contributed by atoms with Crippen LogP contribution in [-0.2, 0) is 10.0 Å². The lowest BCUT2D eigenvalue weighted by molar-refractivity contribution is 0.588. The van der Waals surface area contributed by atoms with E-state index in [4.69, 9.17) is 5.73 Å². The molecule has 1 rings (SSSR count). The van der Waals surface area contributed by atoms with Gasteiger partial charge in [0.2, 0.25) is 10.0 Å². The van der Waals surface area contributed by atoms with E-state index >= 15 is 0 Å². The maximum Gasteiger partial charge on any atom is 0.213 e. The number of anilines is 2. The van der Waals surface area contributed by atoms with Gasteiger partial charge in [-0.25, -0.2) is 17.5 Å². The third-order valence-electron chi connectivity index (χ3n) is 2.09. The predicted molar refractivity (Wildman–Crippen MR) is 69.8 cm³/mol. The number of nitrogen functional groups attached to an aromatic ring is 1. The van der Waals surface area contributed by atoms with Crippen molar-refractivity contribution in [2.24, 2.45) is 0 Å². The summed E-state index contributed by atoms with van der Waals surface area (Å²) in [5.41, 5.74) is 6.37. The van der Waals surface area contributed by atoms with Crippen LogP contribution in [0.25, 0.3) is 0 Å². The van der Waals surface area contributed by atoms with Crippen molar-refractivity contribution >= 4 is 37.3 Å². The standard InChI is InChI=1S/C9H13BrFN3O2S/c1-13-17(15,16)3-2-14-9-5-7(11)6(10)4-8(9)12/h4-5,13-14H,2-3,12H2,1H3. The average molecular weight is 326 g/mol. The van der Waals surface area contributed by atoms with Gasteiger partial charge in [-0.05, 0) is 29.0 Å². The first-order valence-corrected chi connectivity index (χ1v) is 7.20. The summed E-state index contributed by atoms with van der Waals surface area (Å²) in [6.45, 7) is 0.147. The largest absolute Gasteiger partial charge is 0.397 e. The predicted octanol–water partition coefficient (Wildman–Crippen LogP) is 1.13.